The summed E-state index contributed by atoms with van der Waals surface area (Å²) in [5, 5.41) is 10.6. The Morgan fingerprint density at radius 2 is 1.94 bits per heavy atom. The van der Waals surface area contributed by atoms with Gasteiger partial charge in [-0.15, -0.1) is 0 Å². The third-order valence-corrected chi connectivity index (χ3v) is 4.15. The average Bonchev–Trinajstić information content (AvgIpc) is 2.46. The molecule has 1 unspecified atom stereocenters. The van der Waals surface area contributed by atoms with Crippen LogP contribution in [0.15, 0.2) is 18.2 Å². The fourth-order valence-electron chi connectivity index (χ4n) is 2.70. The van der Waals surface area contributed by atoms with Crippen LogP contribution in [0, 0.1) is 17.0 Å². The molecule has 2 rings (SSSR count). The number of rotatable bonds is 2. The highest BCUT2D eigenvalue weighted by atomic mass is 19.1. The minimum Gasteiger partial charge on any atom is -0.389 e. The largest absolute Gasteiger partial charge is 0.389 e. The van der Waals surface area contributed by atoms with E-state index in [1.807, 2.05) is 13.8 Å². The molecule has 1 saturated carbocycles. The fraction of sp³-hybridized carbons (Fsp3) is 0.571. The van der Waals surface area contributed by atoms with E-state index < -0.39 is 17.2 Å². The van der Waals surface area contributed by atoms with Crippen molar-refractivity contribution in [2.45, 2.75) is 45.1 Å². The fourth-order valence-corrected chi connectivity index (χ4v) is 2.70. The zero-order valence-electron chi connectivity index (χ0n) is 10.3. The van der Waals surface area contributed by atoms with Crippen molar-refractivity contribution >= 4 is 0 Å². The predicted molar refractivity (Wildman–Crippen MR) is 62.6 cm³/mol. The summed E-state index contributed by atoms with van der Waals surface area (Å²) in [5.41, 5.74) is -0.705. The Kier molecular flexibility index (Phi) is 2.98. The van der Waals surface area contributed by atoms with Crippen molar-refractivity contribution in [1.82, 2.24) is 0 Å². The lowest BCUT2D eigenvalue weighted by molar-refractivity contribution is -0.0425. The lowest BCUT2D eigenvalue weighted by atomic mass is 9.74. The summed E-state index contributed by atoms with van der Waals surface area (Å²) in [5.74, 6) is -1.15. The summed E-state index contributed by atoms with van der Waals surface area (Å²) in [7, 11) is 0. The molecule has 1 aliphatic carbocycles. The first kappa shape index (κ1) is 12.5. The van der Waals surface area contributed by atoms with E-state index in [4.69, 9.17) is 0 Å². The van der Waals surface area contributed by atoms with Gasteiger partial charge < -0.3 is 5.11 Å². The van der Waals surface area contributed by atoms with E-state index in [2.05, 4.69) is 0 Å². The van der Waals surface area contributed by atoms with Gasteiger partial charge in [0.15, 0.2) is 0 Å². The molecule has 94 valence electrons. The van der Waals surface area contributed by atoms with Crippen LogP contribution in [0.4, 0.5) is 8.78 Å². The van der Waals surface area contributed by atoms with Crippen molar-refractivity contribution < 1.29 is 13.9 Å². The van der Waals surface area contributed by atoms with E-state index in [0.29, 0.717) is 12.0 Å². The first-order chi connectivity index (χ1) is 7.84. The van der Waals surface area contributed by atoms with Crippen LogP contribution in [0.2, 0.25) is 0 Å². The normalized spacial score (nSPS) is 27.4. The summed E-state index contributed by atoms with van der Waals surface area (Å²) in [6.07, 6.45) is 2.82. The standard InChI is InChI=1S/C14H18F2O/c1-13(2)6-3-7-14(13,17)9-10-4-5-11(15)8-12(10)16/h4-5,8,17H,3,6-7,9H2,1-2H3. The number of halogens is 2. The van der Waals surface area contributed by atoms with Crippen molar-refractivity contribution in [2.75, 3.05) is 0 Å². The van der Waals surface area contributed by atoms with Gasteiger partial charge >= 0.3 is 0 Å². The number of hydrogen-bond donors (Lipinski definition) is 1. The summed E-state index contributed by atoms with van der Waals surface area (Å²) in [4.78, 5) is 0. The molecule has 1 atom stereocenters. The van der Waals surface area contributed by atoms with Gasteiger partial charge in [0.25, 0.3) is 0 Å². The highest BCUT2D eigenvalue weighted by Gasteiger charge is 2.47. The van der Waals surface area contributed by atoms with Crippen molar-refractivity contribution in [3.63, 3.8) is 0 Å². The van der Waals surface area contributed by atoms with E-state index in [9.17, 15) is 13.9 Å². The van der Waals surface area contributed by atoms with Gasteiger partial charge in [-0.1, -0.05) is 19.9 Å². The lowest BCUT2D eigenvalue weighted by Crippen LogP contribution is -2.42. The molecule has 0 radical (unpaired) electrons. The van der Waals surface area contributed by atoms with Gasteiger partial charge in [-0.3, -0.25) is 0 Å². The van der Waals surface area contributed by atoms with Gasteiger partial charge in [0.05, 0.1) is 5.60 Å². The molecule has 1 fully saturated rings. The Morgan fingerprint density at radius 3 is 2.47 bits per heavy atom. The Morgan fingerprint density at radius 1 is 1.24 bits per heavy atom. The summed E-state index contributed by atoms with van der Waals surface area (Å²) in [6, 6.07) is 3.54. The Balaban J connectivity index is 2.26. The average molecular weight is 240 g/mol. The van der Waals surface area contributed by atoms with Crippen LogP contribution in [0.3, 0.4) is 0 Å². The van der Waals surface area contributed by atoms with Crippen molar-refractivity contribution in [2.24, 2.45) is 5.41 Å². The molecule has 1 N–H and O–H groups in total. The number of hydrogen-bond acceptors (Lipinski definition) is 1. The molecule has 0 spiro atoms. The molecule has 0 bridgehead atoms. The molecule has 0 heterocycles. The second-order valence-corrected chi connectivity index (χ2v) is 5.68. The third-order valence-electron chi connectivity index (χ3n) is 4.15. The van der Waals surface area contributed by atoms with Crippen molar-refractivity contribution in [3.05, 3.63) is 35.4 Å². The molecule has 1 aromatic rings. The maximum atomic E-state index is 13.6. The lowest BCUT2D eigenvalue weighted by Gasteiger charge is -2.37. The molecular formula is C14H18F2O. The molecule has 1 aliphatic rings. The highest BCUT2D eigenvalue weighted by molar-refractivity contribution is 5.22. The SMILES string of the molecule is CC1(C)CCCC1(O)Cc1ccc(F)cc1F. The Hall–Kier alpha value is -0.960. The van der Waals surface area contributed by atoms with Crippen LogP contribution in [0.25, 0.3) is 0 Å². The van der Waals surface area contributed by atoms with E-state index in [1.54, 1.807) is 0 Å². The second-order valence-electron chi connectivity index (χ2n) is 5.68. The van der Waals surface area contributed by atoms with Gasteiger partial charge in [-0.05, 0) is 36.3 Å². The Labute approximate surface area is 100 Å². The van der Waals surface area contributed by atoms with Crippen LogP contribution in [0.5, 0.6) is 0 Å². The predicted octanol–water partition coefficient (Wildman–Crippen LogP) is 3.45. The molecule has 0 amide bonds. The second kappa shape index (κ2) is 4.05. The zero-order valence-corrected chi connectivity index (χ0v) is 10.3. The van der Waals surface area contributed by atoms with Gasteiger partial charge in [-0.25, -0.2) is 8.78 Å². The minimum absolute atomic E-state index is 0.214. The minimum atomic E-state index is -0.883. The van der Waals surface area contributed by atoms with Gasteiger partial charge in [0.1, 0.15) is 11.6 Å². The first-order valence-corrected chi connectivity index (χ1v) is 6.00. The number of benzene rings is 1. The van der Waals surface area contributed by atoms with E-state index in [1.165, 1.54) is 12.1 Å². The molecular weight excluding hydrogens is 222 g/mol. The molecule has 0 aliphatic heterocycles. The number of aliphatic hydroxyl groups is 1. The zero-order chi connectivity index (χ0) is 12.7. The topological polar surface area (TPSA) is 20.2 Å². The van der Waals surface area contributed by atoms with E-state index in [0.717, 1.165) is 18.9 Å². The monoisotopic (exact) mass is 240 g/mol. The van der Waals surface area contributed by atoms with Gasteiger partial charge in [0, 0.05) is 12.5 Å². The van der Waals surface area contributed by atoms with Crippen LogP contribution < -0.4 is 0 Å². The van der Waals surface area contributed by atoms with Gasteiger partial charge in [-0.2, -0.15) is 0 Å². The van der Waals surface area contributed by atoms with E-state index >= 15 is 0 Å². The highest BCUT2D eigenvalue weighted by Crippen LogP contribution is 2.47. The van der Waals surface area contributed by atoms with Crippen LogP contribution >= 0.6 is 0 Å². The third kappa shape index (κ3) is 2.21. The molecule has 17 heavy (non-hydrogen) atoms. The maximum Gasteiger partial charge on any atom is 0.129 e. The van der Waals surface area contributed by atoms with Crippen LogP contribution in [0.1, 0.15) is 38.7 Å². The van der Waals surface area contributed by atoms with Crippen LogP contribution in [-0.2, 0) is 6.42 Å². The summed E-state index contributed by atoms with van der Waals surface area (Å²) in [6.45, 7) is 4.00. The molecule has 0 saturated heterocycles. The van der Waals surface area contributed by atoms with Crippen LogP contribution in [-0.4, -0.2) is 10.7 Å². The quantitative estimate of drug-likeness (QED) is 0.839. The smallest absolute Gasteiger partial charge is 0.129 e. The molecule has 1 nitrogen and oxygen atoms in total. The van der Waals surface area contributed by atoms with Gasteiger partial charge in [0.2, 0.25) is 0 Å². The molecule has 3 heteroatoms. The maximum absolute atomic E-state index is 13.6. The van der Waals surface area contributed by atoms with E-state index in [-0.39, 0.29) is 11.8 Å². The molecule has 0 aromatic heterocycles. The van der Waals surface area contributed by atoms with Crippen molar-refractivity contribution in [3.8, 4) is 0 Å². The summed E-state index contributed by atoms with van der Waals surface area (Å²) >= 11 is 0. The van der Waals surface area contributed by atoms with Crippen molar-refractivity contribution in [1.29, 1.82) is 0 Å². The summed E-state index contributed by atoms with van der Waals surface area (Å²) < 4.78 is 26.4. The first-order valence-electron chi connectivity index (χ1n) is 6.00. The molecule has 1 aromatic carbocycles. The Bertz CT molecular complexity index is 428.